The maximum atomic E-state index is 12.9. The van der Waals surface area contributed by atoms with Gasteiger partial charge >= 0.3 is 6.03 Å². The van der Waals surface area contributed by atoms with Crippen LogP contribution in [-0.4, -0.2) is 27.4 Å². The van der Waals surface area contributed by atoms with E-state index in [4.69, 9.17) is 11.6 Å². The molecule has 0 radical (unpaired) electrons. The van der Waals surface area contributed by atoms with Crippen LogP contribution in [0.4, 0.5) is 10.5 Å². The number of rotatable bonds is 3. The Labute approximate surface area is 171 Å². The number of carbonyl (C=O) groups excluding carboxylic acids is 3. The van der Waals surface area contributed by atoms with Crippen LogP contribution >= 0.6 is 11.6 Å². The van der Waals surface area contributed by atoms with Crippen LogP contribution in [0.15, 0.2) is 66.6 Å². The van der Waals surface area contributed by atoms with Crippen molar-refractivity contribution >= 4 is 41.2 Å². The van der Waals surface area contributed by atoms with E-state index in [1.165, 1.54) is 18.5 Å². The van der Waals surface area contributed by atoms with E-state index >= 15 is 0 Å². The first kappa shape index (κ1) is 18.6. The van der Waals surface area contributed by atoms with Gasteiger partial charge < -0.3 is 4.57 Å². The number of hydrogen-bond acceptors (Lipinski definition) is 4. The van der Waals surface area contributed by atoms with E-state index in [-0.39, 0.29) is 11.3 Å². The molecule has 3 heterocycles. The number of urea groups is 1. The quantitative estimate of drug-likeness (QED) is 0.533. The highest BCUT2D eigenvalue weighted by atomic mass is 35.5. The van der Waals surface area contributed by atoms with Gasteiger partial charge in [0.15, 0.2) is 0 Å². The summed E-state index contributed by atoms with van der Waals surface area (Å²) in [5, 5.41) is 2.80. The fourth-order valence-electron chi connectivity index (χ4n) is 3.00. The molecule has 1 aliphatic heterocycles. The Morgan fingerprint density at radius 2 is 1.90 bits per heavy atom. The van der Waals surface area contributed by atoms with Crippen molar-refractivity contribution in [3.05, 3.63) is 82.9 Å². The predicted molar refractivity (Wildman–Crippen MR) is 109 cm³/mol. The van der Waals surface area contributed by atoms with E-state index in [2.05, 4.69) is 10.3 Å². The lowest BCUT2D eigenvalue weighted by atomic mass is 10.1. The third kappa shape index (κ3) is 3.43. The highest BCUT2D eigenvalue weighted by Crippen LogP contribution is 2.24. The lowest BCUT2D eigenvalue weighted by Crippen LogP contribution is -2.54. The number of barbiturate groups is 1. The first-order chi connectivity index (χ1) is 14.0. The number of carbonyl (C=O) groups is 3. The molecule has 0 atom stereocenters. The molecule has 29 heavy (non-hydrogen) atoms. The lowest BCUT2D eigenvalue weighted by Gasteiger charge is -2.26. The number of benzene rings is 1. The number of imide groups is 2. The molecule has 7 nitrogen and oxygen atoms in total. The number of aryl methyl sites for hydroxylation is 1. The van der Waals surface area contributed by atoms with Crippen LogP contribution in [0.25, 0.3) is 11.8 Å². The zero-order valence-electron chi connectivity index (χ0n) is 15.3. The summed E-state index contributed by atoms with van der Waals surface area (Å²) < 4.78 is 1.80. The van der Waals surface area contributed by atoms with E-state index in [1.807, 2.05) is 19.1 Å². The fraction of sp³-hybridized carbons (Fsp3) is 0.0476. The molecule has 144 valence electrons. The molecule has 0 unspecified atom stereocenters. The van der Waals surface area contributed by atoms with Gasteiger partial charge in [-0.1, -0.05) is 17.7 Å². The van der Waals surface area contributed by atoms with Gasteiger partial charge in [-0.3, -0.25) is 19.9 Å². The number of hydrogen-bond donors (Lipinski definition) is 1. The van der Waals surface area contributed by atoms with Crippen LogP contribution < -0.4 is 10.2 Å². The summed E-state index contributed by atoms with van der Waals surface area (Å²) in [7, 11) is 0. The highest BCUT2D eigenvalue weighted by Gasteiger charge is 2.37. The topological polar surface area (TPSA) is 84.3 Å². The Kier molecular flexibility index (Phi) is 4.74. The fourth-order valence-corrected chi connectivity index (χ4v) is 3.18. The Balaban J connectivity index is 1.75. The van der Waals surface area contributed by atoms with Gasteiger partial charge in [-0.2, -0.15) is 0 Å². The second kappa shape index (κ2) is 7.37. The summed E-state index contributed by atoms with van der Waals surface area (Å²) in [5.41, 5.74) is 2.42. The van der Waals surface area contributed by atoms with Crippen LogP contribution in [0.3, 0.4) is 0 Å². The maximum Gasteiger partial charge on any atom is 0.336 e. The molecule has 3 aromatic rings. The minimum atomic E-state index is -0.814. The molecule has 1 aliphatic rings. The molecule has 0 saturated carbocycles. The smallest absolute Gasteiger partial charge is 0.317 e. The second-order valence-electron chi connectivity index (χ2n) is 6.41. The summed E-state index contributed by atoms with van der Waals surface area (Å²) in [5.74, 6) is -1.48. The van der Waals surface area contributed by atoms with Gasteiger partial charge in [0, 0.05) is 28.8 Å². The molecule has 0 aliphatic carbocycles. The van der Waals surface area contributed by atoms with Crippen molar-refractivity contribution in [3.63, 3.8) is 0 Å². The molecule has 2 aromatic heterocycles. The molecule has 4 rings (SSSR count). The molecule has 0 spiro atoms. The Morgan fingerprint density at radius 3 is 2.62 bits per heavy atom. The van der Waals surface area contributed by atoms with Gasteiger partial charge in [-0.25, -0.2) is 9.69 Å². The maximum absolute atomic E-state index is 12.9. The number of nitrogens with zero attached hydrogens (tertiary/aromatic N) is 3. The molecule has 1 N–H and O–H groups in total. The SMILES string of the molecule is Cc1ccc(-n2cccc2/C=C2\C(=O)NC(=O)N(c3cccnc3)C2=O)cc1Cl. The van der Waals surface area contributed by atoms with Crippen LogP contribution in [-0.2, 0) is 9.59 Å². The molecular formula is C21H15ClN4O3. The van der Waals surface area contributed by atoms with Crippen molar-refractivity contribution in [1.29, 1.82) is 0 Å². The number of pyridine rings is 1. The highest BCUT2D eigenvalue weighted by molar-refractivity contribution is 6.39. The van der Waals surface area contributed by atoms with Gasteiger partial charge in [-0.15, -0.1) is 0 Å². The van der Waals surface area contributed by atoms with Gasteiger partial charge in [0.1, 0.15) is 5.57 Å². The molecule has 8 heteroatoms. The van der Waals surface area contributed by atoms with Crippen molar-refractivity contribution in [3.8, 4) is 5.69 Å². The van der Waals surface area contributed by atoms with Crippen molar-refractivity contribution in [2.24, 2.45) is 0 Å². The van der Waals surface area contributed by atoms with E-state index in [1.54, 1.807) is 41.1 Å². The third-order valence-electron chi connectivity index (χ3n) is 4.51. The van der Waals surface area contributed by atoms with Crippen molar-refractivity contribution in [2.45, 2.75) is 6.92 Å². The molecule has 1 fully saturated rings. The molecule has 4 amide bonds. The second-order valence-corrected chi connectivity index (χ2v) is 6.81. The third-order valence-corrected chi connectivity index (χ3v) is 4.92. The standard InChI is InChI=1S/C21H15ClN4O3/c1-13-6-7-15(11-18(13)22)25-9-3-5-14(25)10-17-19(27)24-21(29)26(20(17)28)16-4-2-8-23-12-16/h2-12H,1H3,(H,24,27,29)/b17-10+. The van der Waals surface area contributed by atoms with Crippen LogP contribution in [0, 0.1) is 6.92 Å². The van der Waals surface area contributed by atoms with E-state index in [0.29, 0.717) is 10.7 Å². The van der Waals surface area contributed by atoms with E-state index < -0.39 is 17.8 Å². The number of nitrogens with one attached hydrogen (secondary N) is 1. The zero-order valence-corrected chi connectivity index (χ0v) is 16.1. The molecular weight excluding hydrogens is 392 g/mol. The molecule has 1 aromatic carbocycles. The van der Waals surface area contributed by atoms with E-state index in [0.717, 1.165) is 16.2 Å². The van der Waals surface area contributed by atoms with Crippen LogP contribution in [0.1, 0.15) is 11.3 Å². The van der Waals surface area contributed by atoms with Gasteiger partial charge in [-0.05, 0) is 55.0 Å². The van der Waals surface area contributed by atoms with Gasteiger partial charge in [0.05, 0.1) is 11.9 Å². The summed E-state index contributed by atoms with van der Waals surface area (Å²) in [4.78, 5) is 42.3. The average Bonchev–Trinajstić information content (AvgIpc) is 3.16. The van der Waals surface area contributed by atoms with Gasteiger partial charge in [0.2, 0.25) is 0 Å². The summed E-state index contributed by atoms with van der Waals surface area (Å²) in [6.45, 7) is 1.90. The monoisotopic (exact) mass is 406 g/mol. The van der Waals surface area contributed by atoms with E-state index in [9.17, 15) is 14.4 Å². The largest absolute Gasteiger partial charge is 0.336 e. The summed E-state index contributed by atoms with van der Waals surface area (Å²) >= 11 is 6.23. The Morgan fingerprint density at radius 1 is 1.07 bits per heavy atom. The number of halogens is 1. The molecule has 0 bridgehead atoms. The zero-order chi connectivity index (χ0) is 20.5. The number of anilines is 1. The minimum Gasteiger partial charge on any atom is -0.317 e. The first-order valence-electron chi connectivity index (χ1n) is 8.71. The number of amides is 4. The number of aromatic nitrogens is 2. The normalized spacial score (nSPS) is 15.7. The minimum absolute atomic E-state index is 0.161. The summed E-state index contributed by atoms with van der Waals surface area (Å²) in [6, 6.07) is 11.5. The van der Waals surface area contributed by atoms with Crippen molar-refractivity contribution in [1.82, 2.24) is 14.9 Å². The first-order valence-corrected chi connectivity index (χ1v) is 9.09. The van der Waals surface area contributed by atoms with Crippen LogP contribution in [0.2, 0.25) is 5.02 Å². The Bertz CT molecular complexity index is 1170. The van der Waals surface area contributed by atoms with Crippen LogP contribution in [0.5, 0.6) is 0 Å². The predicted octanol–water partition coefficient (Wildman–Crippen LogP) is 3.50. The molecule has 1 saturated heterocycles. The summed E-state index contributed by atoms with van der Waals surface area (Å²) in [6.07, 6.45) is 6.14. The Hall–Kier alpha value is -3.71. The lowest BCUT2D eigenvalue weighted by molar-refractivity contribution is -0.122. The van der Waals surface area contributed by atoms with Crippen molar-refractivity contribution < 1.29 is 14.4 Å². The van der Waals surface area contributed by atoms with Crippen molar-refractivity contribution in [2.75, 3.05) is 4.90 Å². The average molecular weight is 407 g/mol. The van der Waals surface area contributed by atoms with Gasteiger partial charge in [0.25, 0.3) is 11.8 Å².